The second kappa shape index (κ2) is 10.8. The Morgan fingerprint density at radius 2 is 1.60 bits per heavy atom. The van der Waals surface area contributed by atoms with E-state index in [1.807, 2.05) is 24.3 Å². The molecule has 1 aliphatic rings. The Balaban J connectivity index is 1.55. The number of piperazine rings is 1. The van der Waals surface area contributed by atoms with Gasteiger partial charge in [-0.15, -0.1) is 0 Å². The van der Waals surface area contributed by atoms with Crippen LogP contribution in [0.1, 0.15) is 0 Å². The summed E-state index contributed by atoms with van der Waals surface area (Å²) in [6.45, 7) is 1.71. The van der Waals surface area contributed by atoms with Crippen LogP contribution in [-0.4, -0.2) is 59.1 Å². The van der Waals surface area contributed by atoms with Crippen molar-refractivity contribution in [2.24, 2.45) is 0 Å². The van der Waals surface area contributed by atoms with Crippen molar-refractivity contribution >= 4 is 50.5 Å². The molecule has 4 rings (SSSR count). The first kappa shape index (κ1) is 25.2. The van der Waals surface area contributed by atoms with Crippen LogP contribution in [-0.2, 0) is 14.8 Å². The van der Waals surface area contributed by atoms with Crippen LogP contribution in [0.5, 0.6) is 5.75 Å². The zero-order valence-corrected chi connectivity index (χ0v) is 21.4. The molecule has 1 heterocycles. The van der Waals surface area contributed by atoms with Gasteiger partial charge in [0.2, 0.25) is 5.91 Å². The van der Waals surface area contributed by atoms with E-state index < -0.39 is 10.0 Å². The predicted octanol–water partition coefficient (Wildman–Crippen LogP) is 4.55. The molecular weight excluding hydrogens is 509 g/mol. The normalized spacial score (nSPS) is 14.0. The lowest BCUT2D eigenvalue weighted by Crippen LogP contribution is -2.52. The highest BCUT2D eigenvalue weighted by Gasteiger charge is 2.31. The van der Waals surface area contributed by atoms with E-state index in [-0.39, 0.29) is 28.1 Å². The van der Waals surface area contributed by atoms with Gasteiger partial charge in [-0.25, -0.2) is 8.42 Å². The average molecular weight is 534 g/mol. The largest absolute Gasteiger partial charge is 0.495 e. The summed E-state index contributed by atoms with van der Waals surface area (Å²) >= 11 is 12.4. The number of anilines is 2. The SMILES string of the molecule is COc1ccccc1N1CCN(C(=O)CN(c2ccc(Cl)cc2Cl)S(=O)(=O)c2ccccc2)CC1. The zero-order chi connectivity index (χ0) is 25.0. The van der Waals surface area contributed by atoms with Gasteiger partial charge in [-0.05, 0) is 42.5 Å². The van der Waals surface area contributed by atoms with Crippen molar-refractivity contribution in [1.82, 2.24) is 4.90 Å². The molecule has 3 aromatic carbocycles. The molecule has 3 aromatic rings. The van der Waals surface area contributed by atoms with Crippen LogP contribution in [0.2, 0.25) is 10.0 Å². The van der Waals surface area contributed by atoms with Crippen molar-refractivity contribution in [2.75, 3.05) is 49.0 Å². The quantitative estimate of drug-likeness (QED) is 0.445. The first-order valence-electron chi connectivity index (χ1n) is 11.0. The molecular formula is C25H25Cl2N3O4S. The third-order valence-electron chi connectivity index (χ3n) is 5.85. The predicted molar refractivity (Wildman–Crippen MR) is 139 cm³/mol. The van der Waals surface area contributed by atoms with E-state index in [1.165, 1.54) is 24.3 Å². The molecule has 1 fully saturated rings. The Kier molecular flexibility index (Phi) is 7.74. The molecule has 0 N–H and O–H groups in total. The average Bonchev–Trinajstić information content (AvgIpc) is 2.88. The fourth-order valence-electron chi connectivity index (χ4n) is 4.01. The Morgan fingerprint density at radius 3 is 2.26 bits per heavy atom. The van der Waals surface area contributed by atoms with Crippen molar-refractivity contribution in [3.05, 3.63) is 82.8 Å². The first-order valence-corrected chi connectivity index (χ1v) is 13.2. The van der Waals surface area contributed by atoms with E-state index in [2.05, 4.69) is 4.90 Å². The molecule has 35 heavy (non-hydrogen) atoms. The van der Waals surface area contributed by atoms with Crippen LogP contribution in [0.4, 0.5) is 11.4 Å². The second-order valence-electron chi connectivity index (χ2n) is 7.96. The number of rotatable bonds is 7. The lowest BCUT2D eigenvalue weighted by molar-refractivity contribution is -0.129. The van der Waals surface area contributed by atoms with Crippen molar-refractivity contribution in [3.63, 3.8) is 0 Å². The maximum Gasteiger partial charge on any atom is 0.264 e. The minimum Gasteiger partial charge on any atom is -0.495 e. The van der Waals surface area contributed by atoms with Crippen molar-refractivity contribution in [3.8, 4) is 5.75 Å². The number of carbonyl (C=O) groups is 1. The topological polar surface area (TPSA) is 70.2 Å². The Bertz CT molecular complexity index is 1300. The van der Waals surface area contributed by atoms with Crippen molar-refractivity contribution < 1.29 is 17.9 Å². The van der Waals surface area contributed by atoms with Gasteiger partial charge < -0.3 is 14.5 Å². The molecule has 0 atom stereocenters. The number of ether oxygens (including phenoxy) is 1. The molecule has 0 radical (unpaired) electrons. The summed E-state index contributed by atoms with van der Waals surface area (Å²) in [5.74, 6) is 0.458. The monoisotopic (exact) mass is 533 g/mol. The van der Waals surface area contributed by atoms with Gasteiger partial charge in [0.15, 0.2) is 0 Å². The molecule has 0 bridgehead atoms. The molecule has 1 saturated heterocycles. The molecule has 0 saturated carbocycles. The first-order chi connectivity index (χ1) is 16.8. The fraction of sp³-hybridized carbons (Fsp3) is 0.240. The number of nitrogens with zero attached hydrogens (tertiary/aromatic N) is 3. The summed E-state index contributed by atoms with van der Waals surface area (Å²) in [7, 11) is -2.43. The number of halogens is 2. The number of carbonyl (C=O) groups excluding carboxylic acids is 1. The van der Waals surface area contributed by atoms with Gasteiger partial charge in [-0.3, -0.25) is 9.10 Å². The second-order valence-corrected chi connectivity index (χ2v) is 10.7. The highest BCUT2D eigenvalue weighted by atomic mass is 35.5. The summed E-state index contributed by atoms with van der Waals surface area (Å²) in [4.78, 5) is 17.2. The van der Waals surface area contributed by atoms with Gasteiger partial charge >= 0.3 is 0 Å². The molecule has 0 aliphatic carbocycles. The number of sulfonamides is 1. The van der Waals surface area contributed by atoms with Gasteiger partial charge in [0.1, 0.15) is 12.3 Å². The van der Waals surface area contributed by atoms with E-state index in [4.69, 9.17) is 27.9 Å². The van der Waals surface area contributed by atoms with Crippen LogP contribution in [0.3, 0.4) is 0 Å². The number of amides is 1. The van der Waals surface area contributed by atoms with Gasteiger partial charge in [0.05, 0.1) is 28.4 Å². The van der Waals surface area contributed by atoms with Gasteiger partial charge in [0.25, 0.3) is 10.0 Å². The number of benzene rings is 3. The minimum atomic E-state index is -4.05. The minimum absolute atomic E-state index is 0.0693. The van der Waals surface area contributed by atoms with Crippen LogP contribution in [0.15, 0.2) is 77.7 Å². The molecule has 0 spiro atoms. The molecule has 0 unspecified atom stereocenters. The van der Waals surface area contributed by atoms with E-state index in [9.17, 15) is 13.2 Å². The maximum absolute atomic E-state index is 13.5. The van der Waals surface area contributed by atoms with E-state index >= 15 is 0 Å². The number of hydrogen-bond donors (Lipinski definition) is 0. The molecule has 184 valence electrons. The lowest BCUT2D eigenvalue weighted by atomic mass is 10.2. The number of methoxy groups -OCH3 is 1. The summed E-state index contributed by atoms with van der Waals surface area (Å²) in [5, 5.41) is 0.514. The highest BCUT2D eigenvalue weighted by molar-refractivity contribution is 7.92. The smallest absolute Gasteiger partial charge is 0.264 e. The van der Waals surface area contributed by atoms with Gasteiger partial charge in [0, 0.05) is 31.2 Å². The van der Waals surface area contributed by atoms with E-state index in [1.54, 1.807) is 36.3 Å². The Morgan fingerprint density at radius 1 is 0.943 bits per heavy atom. The van der Waals surface area contributed by atoms with E-state index in [0.717, 1.165) is 15.7 Å². The third kappa shape index (κ3) is 5.50. The van der Waals surface area contributed by atoms with E-state index in [0.29, 0.717) is 31.2 Å². The molecule has 0 aromatic heterocycles. The molecule has 7 nitrogen and oxygen atoms in total. The standard InChI is InChI=1S/C25H25Cl2N3O4S/c1-34-24-10-6-5-9-23(24)28-13-15-29(16-14-28)25(31)18-30(22-12-11-19(26)17-21(22)27)35(32,33)20-7-3-2-4-8-20/h2-12,17H,13-16,18H2,1H3. The Hall–Kier alpha value is -2.94. The van der Waals surface area contributed by atoms with Crippen LogP contribution in [0.25, 0.3) is 0 Å². The van der Waals surface area contributed by atoms with Crippen molar-refractivity contribution in [2.45, 2.75) is 4.90 Å². The Labute approximate surface area is 215 Å². The lowest BCUT2D eigenvalue weighted by Gasteiger charge is -2.37. The summed E-state index contributed by atoms with van der Waals surface area (Å²) in [6.07, 6.45) is 0. The van der Waals surface area contributed by atoms with Crippen LogP contribution in [0, 0.1) is 0 Å². The van der Waals surface area contributed by atoms with Gasteiger partial charge in [-0.1, -0.05) is 53.5 Å². The molecule has 1 aliphatic heterocycles. The van der Waals surface area contributed by atoms with Crippen molar-refractivity contribution in [1.29, 1.82) is 0 Å². The maximum atomic E-state index is 13.5. The summed E-state index contributed by atoms with van der Waals surface area (Å²) in [5.41, 5.74) is 1.16. The number of hydrogen-bond acceptors (Lipinski definition) is 5. The van der Waals surface area contributed by atoms with Crippen LogP contribution < -0.4 is 13.9 Å². The molecule has 10 heteroatoms. The molecule has 1 amide bonds. The van der Waals surface area contributed by atoms with Crippen LogP contribution >= 0.6 is 23.2 Å². The third-order valence-corrected chi connectivity index (χ3v) is 8.16. The fourth-order valence-corrected chi connectivity index (χ4v) is 6.03. The highest BCUT2D eigenvalue weighted by Crippen LogP contribution is 2.33. The summed E-state index contributed by atoms with van der Waals surface area (Å²) in [6, 6.07) is 20.2. The summed E-state index contributed by atoms with van der Waals surface area (Å²) < 4.78 is 33.6. The van der Waals surface area contributed by atoms with Gasteiger partial charge in [-0.2, -0.15) is 0 Å². The zero-order valence-electron chi connectivity index (χ0n) is 19.1. The number of para-hydroxylation sites is 2.